The van der Waals surface area contributed by atoms with Crippen molar-refractivity contribution in [3.8, 4) is 5.88 Å². The number of hydrogen-bond acceptors (Lipinski definition) is 5. The molecule has 0 aliphatic heterocycles. The van der Waals surface area contributed by atoms with Crippen molar-refractivity contribution in [1.82, 2.24) is 25.0 Å². The van der Waals surface area contributed by atoms with Crippen molar-refractivity contribution in [2.24, 2.45) is 7.05 Å². The monoisotopic (exact) mass is 423 g/mol. The molecule has 0 saturated heterocycles. The van der Waals surface area contributed by atoms with Crippen LogP contribution in [0.1, 0.15) is 40.4 Å². The molecule has 0 bridgehead atoms. The minimum Gasteiger partial charge on any atom is -0.479 e. The molecule has 0 aliphatic rings. The molecule has 3 rings (SSSR count). The Balaban J connectivity index is 1.69. The second-order valence-corrected chi connectivity index (χ2v) is 8.33. The average molecular weight is 424 g/mol. The van der Waals surface area contributed by atoms with Crippen LogP contribution < -0.4 is 10.1 Å². The van der Waals surface area contributed by atoms with Gasteiger partial charge in [0.15, 0.2) is 5.65 Å². The number of fused-ring (bicyclic) bond motifs is 1. The number of carbonyl (C=O) groups excluding carboxylic acids is 1. The van der Waals surface area contributed by atoms with Crippen LogP contribution in [0.3, 0.4) is 0 Å². The first-order valence-corrected chi connectivity index (χ1v) is 10.6. The summed E-state index contributed by atoms with van der Waals surface area (Å²) in [6.45, 7) is 6.68. The summed E-state index contributed by atoms with van der Waals surface area (Å²) in [5.74, 6) is 0.608. The fraction of sp³-hybridized carbons (Fsp3) is 0.458. The molecule has 3 aromatic rings. The van der Waals surface area contributed by atoms with E-state index < -0.39 is 0 Å². The van der Waals surface area contributed by atoms with Crippen LogP contribution in [0.5, 0.6) is 5.88 Å². The predicted octanol–water partition coefficient (Wildman–Crippen LogP) is 3.25. The molecule has 1 aromatic carbocycles. The van der Waals surface area contributed by atoms with Gasteiger partial charge in [-0.05, 0) is 58.0 Å². The third-order valence-electron chi connectivity index (χ3n) is 5.90. The van der Waals surface area contributed by atoms with E-state index in [0.29, 0.717) is 25.3 Å². The maximum atomic E-state index is 12.7. The van der Waals surface area contributed by atoms with Crippen LogP contribution in [0.15, 0.2) is 24.3 Å². The van der Waals surface area contributed by atoms with Crippen LogP contribution in [-0.4, -0.2) is 53.3 Å². The van der Waals surface area contributed by atoms with Gasteiger partial charge in [-0.25, -0.2) is 9.67 Å². The number of amides is 1. The van der Waals surface area contributed by atoms with Gasteiger partial charge in [0, 0.05) is 25.7 Å². The average Bonchev–Trinajstić information content (AvgIpc) is 3.04. The number of aromatic nitrogens is 3. The standard InChI is InChI=1S/C24H33N5O2/c1-15-8-10-18(11-9-15)20(28(4)5)14-25-21(30)13-12-19-16(2)22-23(26-17(19)3)29(6)27-24(22)31-7/h8-11,20H,12-14H2,1-7H3,(H,25,30). The van der Waals surface area contributed by atoms with Crippen molar-refractivity contribution >= 4 is 16.9 Å². The van der Waals surface area contributed by atoms with Gasteiger partial charge in [0.25, 0.3) is 0 Å². The highest BCUT2D eigenvalue weighted by atomic mass is 16.5. The number of ether oxygens (including phenoxy) is 1. The topological polar surface area (TPSA) is 72.3 Å². The second kappa shape index (κ2) is 9.47. The van der Waals surface area contributed by atoms with Crippen LogP contribution in [0.25, 0.3) is 11.0 Å². The lowest BCUT2D eigenvalue weighted by Crippen LogP contribution is -2.34. The Morgan fingerprint density at radius 3 is 2.48 bits per heavy atom. The number of nitrogens with one attached hydrogen (secondary N) is 1. The highest BCUT2D eigenvalue weighted by Gasteiger charge is 2.19. The molecule has 7 heteroatoms. The summed E-state index contributed by atoms with van der Waals surface area (Å²) in [5.41, 5.74) is 6.30. The molecule has 1 N–H and O–H groups in total. The first kappa shape index (κ1) is 22.7. The number of likely N-dealkylation sites (N-methyl/N-ethyl adjacent to an activating group) is 1. The summed E-state index contributed by atoms with van der Waals surface area (Å²) in [6, 6.07) is 8.59. The SMILES string of the molecule is COc1nn(C)c2nc(C)c(CCC(=O)NCC(c3ccc(C)cc3)N(C)C)c(C)c12. The van der Waals surface area contributed by atoms with Crippen LogP contribution in [0.4, 0.5) is 0 Å². The minimum absolute atomic E-state index is 0.0380. The lowest BCUT2D eigenvalue weighted by molar-refractivity contribution is -0.121. The maximum absolute atomic E-state index is 12.7. The molecule has 1 amide bonds. The molecule has 0 radical (unpaired) electrons. The van der Waals surface area contributed by atoms with E-state index in [4.69, 9.17) is 9.72 Å². The van der Waals surface area contributed by atoms with Crippen LogP contribution in [0, 0.1) is 20.8 Å². The van der Waals surface area contributed by atoms with E-state index in [2.05, 4.69) is 46.5 Å². The minimum atomic E-state index is 0.0380. The fourth-order valence-electron chi connectivity index (χ4n) is 4.03. The smallest absolute Gasteiger partial charge is 0.242 e. The maximum Gasteiger partial charge on any atom is 0.242 e. The summed E-state index contributed by atoms with van der Waals surface area (Å²) < 4.78 is 7.16. The number of pyridine rings is 1. The Kier molecular flexibility index (Phi) is 6.95. The summed E-state index contributed by atoms with van der Waals surface area (Å²) in [7, 11) is 7.54. The largest absolute Gasteiger partial charge is 0.479 e. The van der Waals surface area contributed by atoms with E-state index in [1.54, 1.807) is 11.8 Å². The van der Waals surface area contributed by atoms with Gasteiger partial charge < -0.3 is 15.0 Å². The molecule has 1 atom stereocenters. The molecular weight excluding hydrogens is 390 g/mol. The first-order chi connectivity index (χ1) is 14.7. The van der Waals surface area contributed by atoms with Gasteiger partial charge in [-0.2, -0.15) is 0 Å². The first-order valence-electron chi connectivity index (χ1n) is 10.6. The van der Waals surface area contributed by atoms with Crippen LogP contribution in [-0.2, 0) is 18.3 Å². The number of benzene rings is 1. The number of nitrogens with zero attached hydrogens (tertiary/aromatic N) is 4. The molecule has 0 aliphatic carbocycles. The molecule has 166 valence electrons. The molecule has 2 aromatic heterocycles. The lowest BCUT2D eigenvalue weighted by atomic mass is 10.00. The summed E-state index contributed by atoms with van der Waals surface area (Å²) >= 11 is 0. The third-order valence-corrected chi connectivity index (χ3v) is 5.90. The number of methoxy groups -OCH3 is 1. The summed E-state index contributed by atoms with van der Waals surface area (Å²) in [4.78, 5) is 19.5. The van der Waals surface area contributed by atoms with Gasteiger partial charge in [-0.1, -0.05) is 29.8 Å². The summed E-state index contributed by atoms with van der Waals surface area (Å²) in [6.07, 6.45) is 1.03. The zero-order chi connectivity index (χ0) is 22.7. The molecule has 7 nitrogen and oxygen atoms in total. The predicted molar refractivity (Wildman–Crippen MR) is 123 cm³/mol. The van der Waals surface area contributed by atoms with E-state index in [9.17, 15) is 4.79 Å². The molecule has 0 spiro atoms. The number of rotatable bonds is 8. The van der Waals surface area contributed by atoms with Gasteiger partial charge in [-0.15, -0.1) is 5.10 Å². The molecule has 0 fully saturated rings. The highest BCUT2D eigenvalue weighted by Crippen LogP contribution is 2.30. The van der Waals surface area contributed by atoms with Crippen LogP contribution in [0.2, 0.25) is 0 Å². The Bertz CT molecular complexity index is 1070. The molecule has 0 saturated carbocycles. The molecule has 1 unspecified atom stereocenters. The Labute approximate surface area is 184 Å². The Morgan fingerprint density at radius 2 is 1.87 bits per heavy atom. The fourth-order valence-corrected chi connectivity index (χ4v) is 4.03. The quantitative estimate of drug-likeness (QED) is 0.602. The molecule has 2 heterocycles. The second-order valence-electron chi connectivity index (χ2n) is 8.33. The van der Waals surface area contributed by atoms with Crippen molar-refractivity contribution in [2.75, 3.05) is 27.7 Å². The van der Waals surface area contributed by atoms with Crippen LogP contribution >= 0.6 is 0 Å². The zero-order valence-electron chi connectivity index (χ0n) is 19.6. The van der Waals surface area contributed by atoms with Gasteiger partial charge in [-0.3, -0.25) is 4.79 Å². The lowest BCUT2D eigenvalue weighted by Gasteiger charge is -2.25. The summed E-state index contributed by atoms with van der Waals surface area (Å²) in [5, 5.41) is 8.42. The van der Waals surface area contributed by atoms with Crippen molar-refractivity contribution in [1.29, 1.82) is 0 Å². The van der Waals surface area contributed by atoms with E-state index in [-0.39, 0.29) is 11.9 Å². The van der Waals surface area contributed by atoms with Crippen molar-refractivity contribution in [2.45, 2.75) is 39.7 Å². The van der Waals surface area contributed by atoms with Gasteiger partial charge in [0.2, 0.25) is 11.8 Å². The van der Waals surface area contributed by atoms with E-state index >= 15 is 0 Å². The molecule has 31 heavy (non-hydrogen) atoms. The number of hydrogen-bond donors (Lipinski definition) is 1. The normalized spacial score (nSPS) is 12.4. The zero-order valence-corrected chi connectivity index (χ0v) is 19.6. The Morgan fingerprint density at radius 1 is 1.19 bits per heavy atom. The van der Waals surface area contributed by atoms with Crippen molar-refractivity contribution in [3.63, 3.8) is 0 Å². The van der Waals surface area contributed by atoms with Crippen molar-refractivity contribution in [3.05, 3.63) is 52.2 Å². The number of aryl methyl sites for hydroxylation is 4. The van der Waals surface area contributed by atoms with Gasteiger partial charge in [0.1, 0.15) is 0 Å². The number of carbonyl (C=O) groups is 1. The van der Waals surface area contributed by atoms with E-state index in [1.807, 2.05) is 35.0 Å². The van der Waals surface area contributed by atoms with Gasteiger partial charge >= 0.3 is 0 Å². The van der Waals surface area contributed by atoms with Gasteiger partial charge in [0.05, 0.1) is 18.5 Å². The molecular formula is C24H33N5O2. The highest BCUT2D eigenvalue weighted by molar-refractivity contribution is 5.86. The van der Waals surface area contributed by atoms with E-state index in [0.717, 1.165) is 27.9 Å². The van der Waals surface area contributed by atoms with E-state index in [1.165, 1.54) is 11.1 Å². The third kappa shape index (κ3) is 4.88. The van der Waals surface area contributed by atoms with Crippen molar-refractivity contribution < 1.29 is 9.53 Å². The Hall–Kier alpha value is -2.93.